The van der Waals surface area contributed by atoms with Gasteiger partial charge in [-0.1, -0.05) is 72.8 Å². The molecule has 4 rings (SSSR count). The molecule has 0 aromatic heterocycles. The molecule has 0 N–H and O–H groups in total. The second kappa shape index (κ2) is 24.0. The van der Waals surface area contributed by atoms with E-state index >= 15 is 0 Å². The topological polar surface area (TPSA) is 79.6 Å². The van der Waals surface area contributed by atoms with E-state index in [1.807, 2.05) is 0 Å². The molecule has 0 aliphatic heterocycles. The Morgan fingerprint density at radius 3 is 0.694 bits per heavy atom. The van der Waals surface area contributed by atoms with Gasteiger partial charge in [0.15, 0.2) is 5.90 Å². The molecule has 0 aliphatic carbocycles. The van der Waals surface area contributed by atoms with Crippen molar-refractivity contribution in [3.05, 3.63) is 148 Å². The van der Waals surface area contributed by atoms with Crippen LogP contribution in [0.4, 0.5) is 0 Å². The maximum atomic E-state index is 7.50. The predicted molar refractivity (Wildman–Crippen MR) is 142 cm³/mol. The third-order valence-corrected chi connectivity index (χ3v) is 11.8. The molecule has 174 valence electrons. The fraction of sp³-hybridized carbons (Fsp3) is 0.0345. The van der Waals surface area contributed by atoms with Crippen LogP contribution in [0.5, 0.6) is 0 Å². The molecule has 0 spiro atoms. The van der Waals surface area contributed by atoms with Gasteiger partial charge in [0.05, 0.1) is 0 Å². The first-order valence-corrected chi connectivity index (χ1v) is 13.6. The second-order valence-corrected chi connectivity index (χ2v) is 12.2. The molecule has 0 aliphatic rings. The quantitative estimate of drug-likeness (QED) is 0.192. The van der Waals surface area contributed by atoms with Crippen molar-refractivity contribution < 1.29 is 36.0 Å². The molecule has 0 amide bonds. The van der Waals surface area contributed by atoms with Gasteiger partial charge < -0.3 is 0 Å². The smallest absolute Gasteiger partial charge is 0.0620 e. The molecule has 0 fully saturated rings. The van der Waals surface area contributed by atoms with Gasteiger partial charge in [0.25, 0.3) is 0 Å². The van der Waals surface area contributed by atoms with Crippen LogP contribution in [-0.2, 0) is 36.0 Å². The van der Waals surface area contributed by atoms with Crippen LogP contribution in [0.2, 0.25) is 0 Å². The Kier molecular flexibility index (Phi) is 23.5. The Balaban J connectivity index is 0. The number of rotatable bonds is 6. The summed E-state index contributed by atoms with van der Waals surface area (Å²) >= 11 is 0. The van der Waals surface area contributed by atoms with Crippen molar-refractivity contribution in [3.63, 3.8) is 0 Å². The molecule has 0 saturated heterocycles. The summed E-state index contributed by atoms with van der Waals surface area (Å²) < 4.78 is 30.0. The van der Waals surface area contributed by atoms with E-state index in [9.17, 15) is 0 Å². The second-order valence-electron chi connectivity index (χ2n) is 6.60. The van der Waals surface area contributed by atoms with Gasteiger partial charge in [0, 0.05) is 0 Å². The van der Waals surface area contributed by atoms with Gasteiger partial charge in [-0.05, 0) is 48.5 Å². The SMILES string of the molecule is [C-]#[O+].[C-]#[O+].[C-]#[O+].[C-]#[O+].[Cr+4].c1ccc([PH+](C[PH+](c2ccccc2)c2ccccc2)c2ccccc2)cc1. The molecule has 0 saturated carbocycles. The zero-order valence-corrected chi connectivity index (χ0v) is 22.6. The maximum Gasteiger partial charge on any atom is 4.00 e. The minimum atomic E-state index is -0.847. The Morgan fingerprint density at radius 1 is 0.361 bits per heavy atom. The zero-order valence-electron chi connectivity index (χ0n) is 19.3. The first kappa shape index (κ1) is 35.4. The van der Waals surface area contributed by atoms with Crippen LogP contribution < -0.4 is 21.2 Å². The molecule has 4 aromatic carbocycles. The molecule has 0 unspecified atom stereocenters. The number of benzene rings is 4. The zero-order chi connectivity index (χ0) is 26.3. The monoisotopic (exact) mass is 550 g/mol. The Labute approximate surface area is 226 Å². The van der Waals surface area contributed by atoms with Gasteiger partial charge >= 0.3 is 62.6 Å². The van der Waals surface area contributed by atoms with E-state index in [4.69, 9.17) is 18.6 Å². The molecule has 0 bridgehead atoms. The van der Waals surface area contributed by atoms with Crippen molar-refractivity contribution in [2.24, 2.45) is 0 Å². The van der Waals surface area contributed by atoms with Crippen molar-refractivity contribution in [2.75, 3.05) is 5.90 Å². The van der Waals surface area contributed by atoms with E-state index in [1.165, 1.54) is 27.1 Å². The molecule has 36 heavy (non-hydrogen) atoms. The van der Waals surface area contributed by atoms with E-state index in [0.29, 0.717) is 0 Å². The average Bonchev–Trinajstić information content (AvgIpc) is 3.00. The fourth-order valence-corrected chi connectivity index (χ4v) is 11.2. The summed E-state index contributed by atoms with van der Waals surface area (Å²) in [5, 5.41) is 6.01. The van der Waals surface area contributed by atoms with Crippen LogP contribution in [0, 0.1) is 26.6 Å². The summed E-state index contributed by atoms with van der Waals surface area (Å²) in [7, 11) is -1.69. The third kappa shape index (κ3) is 11.8. The van der Waals surface area contributed by atoms with Crippen LogP contribution in [0.3, 0.4) is 0 Å². The maximum absolute atomic E-state index is 7.50. The number of hydrogen-bond donors (Lipinski definition) is 0. The van der Waals surface area contributed by atoms with Gasteiger partial charge in [0.2, 0.25) is 0 Å². The van der Waals surface area contributed by atoms with Gasteiger partial charge in [-0.15, -0.1) is 0 Å². The van der Waals surface area contributed by atoms with Crippen molar-refractivity contribution >= 4 is 37.1 Å². The summed E-state index contributed by atoms with van der Waals surface area (Å²) in [6, 6.07) is 44.5. The Bertz CT molecular complexity index is 950. The fourth-order valence-electron chi connectivity index (χ4n) is 3.48. The standard InChI is InChI=1S/C25H22P2.4CO.Cr/c1-5-13-22(14-6-1)26(23-15-7-2-8-16-23)21-27(24-17-9-3-10-18-24)25-19-11-4-12-20-25;4*1-2;/h1-20H,21H2;;;;;/q;;;;;+4/p+2. The third-order valence-electron chi connectivity index (χ3n) is 4.84. The van der Waals surface area contributed by atoms with Crippen LogP contribution >= 0.6 is 15.8 Å². The van der Waals surface area contributed by atoms with Crippen LogP contribution in [0.1, 0.15) is 0 Å². The van der Waals surface area contributed by atoms with E-state index in [2.05, 4.69) is 148 Å². The van der Waals surface area contributed by atoms with Crippen LogP contribution in [0.25, 0.3) is 0 Å². The molecule has 4 aromatic rings. The summed E-state index contributed by atoms with van der Waals surface area (Å²) in [5.41, 5.74) is 0. The minimum Gasteiger partial charge on any atom is -0.0620 e. The Hall–Kier alpha value is -2.77. The largest absolute Gasteiger partial charge is 4.00 e. The summed E-state index contributed by atoms with van der Waals surface area (Å²) in [6.07, 6.45) is 0. The van der Waals surface area contributed by atoms with Gasteiger partial charge in [-0.25, -0.2) is 0 Å². The normalized spacial score (nSPS) is 8.50. The molecule has 7 heteroatoms. The molecule has 4 nitrogen and oxygen atoms in total. The minimum absolute atomic E-state index is 0. The van der Waals surface area contributed by atoms with E-state index in [1.54, 1.807) is 0 Å². The average molecular weight is 550 g/mol. The molecular weight excluding hydrogens is 526 g/mol. The Morgan fingerprint density at radius 2 is 0.528 bits per heavy atom. The summed E-state index contributed by atoms with van der Waals surface area (Å²) in [6.45, 7) is 18.0. The van der Waals surface area contributed by atoms with E-state index < -0.39 is 15.8 Å². The van der Waals surface area contributed by atoms with E-state index in [-0.39, 0.29) is 17.4 Å². The van der Waals surface area contributed by atoms with Gasteiger partial charge in [0.1, 0.15) is 37.1 Å². The van der Waals surface area contributed by atoms with Crippen molar-refractivity contribution in [1.29, 1.82) is 0 Å². The summed E-state index contributed by atoms with van der Waals surface area (Å²) in [5.74, 6) is 1.25. The first-order valence-electron chi connectivity index (χ1n) is 10.2. The molecule has 0 atom stereocenters. The van der Waals surface area contributed by atoms with Crippen LogP contribution in [0.15, 0.2) is 121 Å². The summed E-state index contributed by atoms with van der Waals surface area (Å²) in [4.78, 5) is 0. The predicted octanol–water partition coefficient (Wildman–Crippen LogP) is 4.52. The van der Waals surface area contributed by atoms with Crippen LogP contribution in [-0.4, -0.2) is 5.90 Å². The van der Waals surface area contributed by atoms with Gasteiger partial charge in [-0.3, -0.25) is 0 Å². The van der Waals surface area contributed by atoms with Gasteiger partial charge in [-0.2, -0.15) is 0 Å². The first-order chi connectivity index (χ1) is 17.4. The molecule has 0 radical (unpaired) electrons. The van der Waals surface area contributed by atoms with Crippen molar-refractivity contribution in [3.8, 4) is 0 Å². The molecular formula is C29H24CrO4P2+6. The van der Waals surface area contributed by atoms with E-state index in [0.717, 1.165) is 0 Å². The molecule has 0 heterocycles. The number of hydrogen-bond acceptors (Lipinski definition) is 0. The van der Waals surface area contributed by atoms with Crippen molar-refractivity contribution in [2.45, 2.75) is 0 Å². The van der Waals surface area contributed by atoms with Crippen molar-refractivity contribution in [1.82, 2.24) is 0 Å².